The summed E-state index contributed by atoms with van der Waals surface area (Å²) < 4.78 is 4.91. The van der Waals surface area contributed by atoms with Gasteiger partial charge in [-0.05, 0) is 24.6 Å². The molecule has 142 valence electrons. The van der Waals surface area contributed by atoms with Crippen molar-refractivity contribution in [1.29, 1.82) is 0 Å². The van der Waals surface area contributed by atoms with Crippen molar-refractivity contribution in [2.45, 2.75) is 12.0 Å². The van der Waals surface area contributed by atoms with Gasteiger partial charge in [-0.3, -0.25) is 19.3 Å². The van der Waals surface area contributed by atoms with Crippen molar-refractivity contribution in [1.82, 2.24) is 10.2 Å². The molecule has 0 saturated heterocycles. The Balaban J connectivity index is 2.21. The summed E-state index contributed by atoms with van der Waals surface area (Å²) in [5.74, 6) is -1.61. The van der Waals surface area contributed by atoms with Gasteiger partial charge in [-0.15, -0.1) is 0 Å². The van der Waals surface area contributed by atoms with Crippen LogP contribution in [0.25, 0.3) is 0 Å². The summed E-state index contributed by atoms with van der Waals surface area (Å²) in [6, 6.07) is 4.05. The Hall–Kier alpha value is -2.33. The number of carbonyl (C=O) groups is 3. The molecule has 0 radical (unpaired) electrons. The second kappa shape index (κ2) is 8.37. The van der Waals surface area contributed by atoms with Gasteiger partial charge in [0.25, 0.3) is 17.7 Å². The highest BCUT2D eigenvalue weighted by Gasteiger charge is 2.36. The number of hydrogen-bond donors (Lipinski definition) is 4. The number of carbonyl (C=O) groups excluding carboxylic acids is 3. The van der Waals surface area contributed by atoms with Gasteiger partial charge in [0.15, 0.2) is 0 Å². The monoisotopic (exact) mass is 366 g/mol. The number of imide groups is 1. The molecule has 26 heavy (non-hydrogen) atoms. The molecule has 0 aliphatic carbocycles. The van der Waals surface area contributed by atoms with Crippen LogP contribution in [-0.2, 0) is 4.74 Å². The topological polar surface area (TPSA) is 136 Å². The SMILES string of the molecule is COCCCN1C(=O)c2ccc(C(=O)NC(CO)(CO)CO)cc2C1=O. The minimum Gasteiger partial charge on any atom is -0.394 e. The first-order valence-corrected chi connectivity index (χ1v) is 8.07. The summed E-state index contributed by atoms with van der Waals surface area (Å²) in [5, 5.41) is 30.2. The van der Waals surface area contributed by atoms with Crippen LogP contribution in [0.15, 0.2) is 18.2 Å². The first kappa shape index (κ1) is 20.0. The molecule has 0 saturated carbocycles. The highest BCUT2D eigenvalue weighted by atomic mass is 16.5. The van der Waals surface area contributed by atoms with Gasteiger partial charge in [0, 0.05) is 25.8 Å². The Morgan fingerprint density at radius 2 is 1.73 bits per heavy atom. The smallest absolute Gasteiger partial charge is 0.261 e. The van der Waals surface area contributed by atoms with Crippen molar-refractivity contribution in [3.05, 3.63) is 34.9 Å². The minimum absolute atomic E-state index is 0.0726. The number of aliphatic hydroxyl groups excluding tert-OH is 3. The van der Waals surface area contributed by atoms with E-state index in [0.717, 1.165) is 4.90 Å². The summed E-state index contributed by atoms with van der Waals surface area (Å²) in [6.45, 7) is -1.37. The van der Waals surface area contributed by atoms with E-state index < -0.39 is 43.1 Å². The highest BCUT2D eigenvalue weighted by Crippen LogP contribution is 2.24. The summed E-state index contributed by atoms with van der Waals surface area (Å²) in [4.78, 5) is 38.2. The molecule has 9 nitrogen and oxygen atoms in total. The van der Waals surface area contributed by atoms with Gasteiger partial charge < -0.3 is 25.4 Å². The Morgan fingerprint density at radius 1 is 1.12 bits per heavy atom. The van der Waals surface area contributed by atoms with Gasteiger partial charge in [-0.2, -0.15) is 0 Å². The molecule has 2 rings (SSSR count). The lowest BCUT2D eigenvalue weighted by Crippen LogP contribution is -2.57. The third kappa shape index (κ3) is 3.75. The maximum absolute atomic E-state index is 12.4. The molecular formula is C17H22N2O7. The minimum atomic E-state index is -1.58. The van der Waals surface area contributed by atoms with Crippen LogP contribution in [-0.4, -0.2) is 83.6 Å². The Bertz CT molecular complexity index is 692. The van der Waals surface area contributed by atoms with Crippen LogP contribution in [0.4, 0.5) is 0 Å². The lowest BCUT2D eigenvalue weighted by molar-refractivity contribution is 0.0375. The van der Waals surface area contributed by atoms with Crippen LogP contribution in [0.5, 0.6) is 0 Å². The molecule has 0 atom stereocenters. The fourth-order valence-corrected chi connectivity index (χ4v) is 2.58. The zero-order valence-electron chi connectivity index (χ0n) is 14.4. The molecule has 0 unspecified atom stereocenters. The highest BCUT2D eigenvalue weighted by molar-refractivity contribution is 6.22. The third-order valence-electron chi connectivity index (χ3n) is 4.25. The largest absolute Gasteiger partial charge is 0.394 e. The Kier molecular flexibility index (Phi) is 6.43. The predicted molar refractivity (Wildman–Crippen MR) is 89.8 cm³/mol. The van der Waals surface area contributed by atoms with E-state index in [-0.39, 0.29) is 23.2 Å². The van der Waals surface area contributed by atoms with E-state index in [2.05, 4.69) is 5.32 Å². The fourth-order valence-electron chi connectivity index (χ4n) is 2.58. The van der Waals surface area contributed by atoms with Crippen molar-refractivity contribution in [3.63, 3.8) is 0 Å². The molecule has 9 heteroatoms. The van der Waals surface area contributed by atoms with Crippen molar-refractivity contribution in [2.24, 2.45) is 0 Å². The maximum Gasteiger partial charge on any atom is 0.261 e. The number of hydrogen-bond acceptors (Lipinski definition) is 7. The zero-order chi connectivity index (χ0) is 19.3. The number of aliphatic hydroxyl groups is 3. The zero-order valence-corrected chi connectivity index (χ0v) is 14.4. The first-order valence-electron chi connectivity index (χ1n) is 8.07. The van der Waals surface area contributed by atoms with Gasteiger partial charge in [-0.25, -0.2) is 0 Å². The normalized spacial score (nSPS) is 13.9. The van der Waals surface area contributed by atoms with Crippen LogP contribution in [0.3, 0.4) is 0 Å². The second-order valence-corrected chi connectivity index (χ2v) is 6.08. The van der Waals surface area contributed by atoms with Crippen LogP contribution in [0.2, 0.25) is 0 Å². The van der Waals surface area contributed by atoms with Gasteiger partial charge in [-0.1, -0.05) is 0 Å². The lowest BCUT2D eigenvalue weighted by atomic mass is 10.0. The van der Waals surface area contributed by atoms with Crippen LogP contribution in [0.1, 0.15) is 37.5 Å². The van der Waals surface area contributed by atoms with Gasteiger partial charge >= 0.3 is 0 Å². The molecule has 3 amide bonds. The van der Waals surface area contributed by atoms with Crippen molar-refractivity contribution in [2.75, 3.05) is 40.1 Å². The van der Waals surface area contributed by atoms with E-state index in [1.165, 1.54) is 25.3 Å². The molecule has 1 aromatic carbocycles. The number of amides is 3. The number of rotatable bonds is 9. The number of fused-ring (bicyclic) bond motifs is 1. The fraction of sp³-hybridized carbons (Fsp3) is 0.471. The Morgan fingerprint density at radius 3 is 2.31 bits per heavy atom. The lowest BCUT2D eigenvalue weighted by Gasteiger charge is -2.28. The van der Waals surface area contributed by atoms with E-state index in [9.17, 15) is 29.7 Å². The van der Waals surface area contributed by atoms with E-state index in [1.54, 1.807) is 0 Å². The van der Waals surface area contributed by atoms with E-state index in [0.29, 0.717) is 13.0 Å². The molecule has 0 spiro atoms. The molecule has 0 bridgehead atoms. The molecule has 4 N–H and O–H groups in total. The van der Waals surface area contributed by atoms with Crippen molar-refractivity contribution < 1.29 is 34.4 Å². The van der Waals surface area contributed by atoms with Crippen molar-refractivity contribution in [3.8, 4) is 0 Å². The van der Waals surface area contributed by atoms with Gasteiger partial charge in [0.2, 0.25) is 0 Å². The summed E-state index contributed by atoms with van der Waals surface area (Å²) in [5.41, 5.74) is -1.19. The number of nitrogens with one attached hydrogen (secondary N) is 1. The summed E-state index contributed by atoms with van der Waals surface area (Å²) in [6.07, 6.45) is 0.501. The maximum atomic E-state index is 12.4. The number of nitrogens with zero attached hydrogens (tertiary/aromatic N) is 1. The molecule has 1 aromatic rings. The number of methoxy groups -OCH3 is 1. The Labute approximate surface area is 150 Å². The average molecular weight is 366 g/mol. The molecule has 0 aromatic heterocycles. The van der Waals surface area contributed by atoms with Crippen LogP contribution < -0.4 is 5.32 Å². The molecule has 1 aliphatic heterocycles. The van der Waals surface area contributed by atoms with Crippen molar-refractivity contribution >= 4 is 17.7 Å². The summed E-state index contributed by atoms with van der Waals surface area (Å²) >= 11 is 0. The quantitative estimate of drug-likeness (QED) is 0.317. The van der Waals surface area contributed by atoms with Crippen LogP contribution >= 0.6 is 0 Å². The first-order chi connectivity index (χ1) is 12.4. The standard InChI is InChI=1S/C17H22N2O7/c1-26-6-2-5-19-15(24)12-4-3-11(7-13(12)16(19)25)14(23)18-17(8-20,9-21)10-22/h3-4,7,20-22H,2,5-6,8-10H2,1H3,(H,18,23). The average Bonchev–Trinajstić information content (AvgIpc) is 2.90. The van der Waals surface area contributed by atoms with E-state index in [1.807, 2.05) is 0 Å². The van der Waals surface area contributed by atoms with E-state index >= 15 is 0 Å². The molecule has 0 fully saturated rings. The molecule has 1 heterocycles. The predicted octanol–water partition coefficient (Wildman–Crippen LogP) is -1.24. The van der Waals surface area contributed by atoms with Gasteiger partial charge in [0.05, 0.1) is 30.9 Å². The molecular weight excluding hydrogens is 344 g/mol. The van der Waals surface area contributed by atoms with E-state index in [4.69, 9.17) is 4.74 Å². The third-order valence-corrected chi connectivity index (χ3v) is 4.25. The summed E-state index contributed by atoms with van der Waals surface area (Å²) in [7, 11) is 1.53. The number of ether oxygens (including phenoxy) is 1. The van der Waals surface area contributed by atoms with Gasteiger partial charge in [0.1, 0.15) is 5.54 Å². The van der Waals surface area contributed by atoms with Crippen LogP contribution in [0, 0.1) is 0 Å². The number of benzene rings is 1. The molecule has 1 aliphatic rings. The second-order valence-electron chi connectivity index (χ2n) is 6.08.